The molecule has 1 amide bonds. The number of halogens is 1. The lowest BCUT2D eigenvalue weighted by atomic mass is 10.2. The average Bonchev–Trinajstić information content (AvgIpc) is 3.16. The molecule has 2 heterocycles. The predicted molar refractivity (Wildman–Crippen MR) is 104 cm³/mol. The molecule has 4 aromatic rings. The van der Waals surface area contributed by atoms with E-state index in [2.05, 4.69) is 31.3 Å². The van der Waals surface area contributed by atoms with Crippen molar-refractivity contribution in [1.29, 1.82) is 0 Å². The maximum Gasteiger partial charge on any atom is 0.257 e. The van der Waals surface area contributed by atoms with Gasteiger partial charge in [-0.05, 0) is 37.3 Å². The van der Waals surface area contributed by atoms with Gasteiger partial charge in [0.05, 0.1) is 16.1 Å². The van der Waals surface area contributed by atoms with Gasteiger partial charge in [0.15, 0.2) is 10.8 Å². The normalized spacial score (nSPS) is 11.0. The quantitative estimate of drug-likeness (QED) is 0.525. The van der Waals surface area contributed by atoms with E-state index in [1.54, 1.807) is 16.8 Å². The molecule has 0 aliphatic rings. The van der Waals surface area contributed by atoms with Gasteiger partial charge in [-0.1, -0.05) is 51.5 Å². The maximum atomic E-state index is 12.4. The Labute approximate surface area is 156 Å². The number of fused-ring (bicyclic) bond motifs is 1. The van der Waals surface area contributed by atoms with Crippen LogP contribution < -0.4 is 5.32 Å². The first-order valence-corrected chi connectivity index (χ1v) is 9.21. The van der Waals surface area contributed by atoms with E-state index in [0.29, 0.717) is 10.7 Å². The molecule has 0 fully saturated rings. The van der Waals surface area contributed by atoms with Crippen molar-refractivity contribution in [1.82, 2.24) is 14.8 Å². The highest BCUT2D eigenvalue weighted by Gasteiger charge is 2.16. The molecule has 0 atom stereocenters. The van der Waals surface area contributed by atoms with E-state index in [1.807, 2.05) is 49.4 Å². The number of amides is 1. The van der Waals surface area contributed by atoms with Crippen LogP contribution in [0.2, 0.25) is 0 Å². The summed E-state index contributed by atoms with van der Waals surface area (Å²) in [7, 11) is 0. The smallest absolute Gasteiger partial charge is 0.257 e. The van der Waals surface area contributed by atoms with E-state index in [4.69, 9.17) is 0 Å². The highest BCUT2D eigenvalue weighted by Crippen LogP contribution is 2.30. The number of hydrogen-bond donors (Lipinski definition) is 1. The second kappa shape index (κ2) is 6.42. The van der Waals surface area contributed by atoms with E-state index < -0.39 is 0 Å². The third-order valence-electron chi connectivity index (χ3n) is 3.70. The Morgan fingerprint density at radius 1 is 1.16 bits per heavy atom. The van der Waals surface area contributed by atoms with Crippen LogP contribution in [0.3, 0.4) is 0 Å². The Kier molecular flexibility index (Phi) is 4.10. The summed E-state index contributed by atoms with van der Waals surface area (Å²) in [6.45, 7) is 1.94. The van der Waals surface area contributed by atoms with E-state index in [-0.39, 0.29) is 5.91 Å². The molecule has 2 aromatic heterocycles. The fourth-order valence-corrected chi connectivity index (χ4v) is 3.82. The molecule has 0 bridgehead atoms. The summed E-state index contributed by atoms with van der Waals surface area (Å²) in [5, 5.41) is 7.99. The van der Waals surface area contributed by atoms with Crippen LogP contribution in [0.15, 0.2) is 59.1 Å². The zero-order chi connectivity index (χ0) is 17.4. The monoisotopic (exact) mass is 412 g/mol. The van der Waals surface area contributed by atoms with E-state index >= 15 is 0 Å². The minimum Gasteiger partial charge on any atom is -0.298 e. The second-order valence-electron chi connectivity index (χ2n) is 5.47. The first-order chi connectivity index (χ1) is 12.1. The Bertz CT molecular complexity index is 1070. The van der Waals surface area contributed by atoms with Gasteiger partial charge in [0.2, 0.25) is 0 Å². The Hall–Kier alpha value is -2.51. The summed E-state index contributed by atoms with van der Waals surface area (Å²) < 4.78 is 3.63. The third-order valence-corrected chi connectivity index (χ3v) is 5.26. The molecule has 7 heteroatoms. The number of benzene rings is 2. The zero-order valence-corrected chi connectivity index (χ0v) is 15.6. The van der Waals surface area contributed by atoms with Gasteiger partial charge in [0.1, 0.15) is 0 Å². The van der Waals surface area contributed by atoms with Gasteiger partial charge >= 0.3 is 0 Å². The molecule has 0 saturated carbocycles. The Balaban J connectivity index is 1.69. The summed E-state index contributed by atoms with van der Waals surface area (Å²) in [6, 6.07) is 17.1. The molecular formula is C18H13BrN4OS. The molecule has 4 rings (SSSR count). The lowest BCUT2D eigenvalue weighted by Gasteiger charge is -2.03. The first kappa shape index (κ1) is 16.0. The summed E-state index contributed by atoms with van der Waals surface area (Å²) in [6.07, 6.45) is 0. The highest BCUT2D eigenvalue weighted by atomic mass is 79.9. The van der Waals surface area contributed by atoms with Gasteiger partial charge in [-0.15, -0.1) is 0 Å². The molecule has 0 unspecified atom stereocenters. The Morgan fingerprint density at radius 3 is 2.72 bits per heavy atom. The highest BCUT2D eigenvalue weighted by molar-refractivity contribution is 9.10. The number of aryl methyl sites for hydroxylation is 1. The summed E-state index contributed by atoms with van der Waals surface area (Å²) in [5.41, 5.74) is 3.16. The number of thiazole rings is 1. The second-order valence-corrected chi connectivity index (χ2v) is 7.38. The number of para-hydroxylation sites is 1. The molecule has 0 aliphatic heterocycles. The lowest BCUT2D eigenvalue weighted by molar-refractivity contribution is 0.102. The molecule has 1 N–H and O–H groups in total. The predicted octanol–water partition coefficient (Wildman–Crippen LogP) is 4.81. The van der Waals surface area contributed by atoms with E-state index in [0.717, 1.165) is 26.2 Å². The molecule has 0 radical (unpaired) electrons. The van der Waals surface area contributed by atoms with Crippen LogP contribution in [0.5, 0.6) is 0 Å². The number of carbonyl (C=O) groups excluding carboxylic acids is 1. The van der Waals surface area contributed by atoms with Crippen molar-refractivity contribution in [3.05, 3.63) is 70.3 Å². The van der Waals surface area contributed by atoms with Crippen molar-refractivity contribution in [2.24, 2.45) is 0 Å². The van der Waals surface area contributed by atoms with Crippen LogP contribution >= 0.6 is 27.3 Å². The molecular weight excluding hydrogens is 400 g/mol. The van der Waals surface area contributed by atoms with Gasteiger partial charge in [-0.3, -0.25) is 10.1 Å². The number of rotatable bonds is 3. The van der Waals surface area contributed by atoms with Crippen LogP contribution in [-0.4, -0.2) is 20.7 Å². The van der Waals surface area contributed by atoms with Gasteiger partial charge in [-0.25, -0.2) is 4.68 Å². The van der Waals surface area contributed by atoms with Crippen molar-refractivity contribution >= 4 is 48.7 Å². The minimum atomic E-state index is -0.186. The van der Waals surface area contributed by atoms with Crippen molar-refractivity contribution < 1.29 is 4.79 Å². The van der Waals surface area contributed by atoms with Crippen molar-refractivity contribution in [2.45, 2.75) is 6.92 Å². The van der Waals surface area contributed by atoms with Crippen LogP contribution in [0.4, 0.5) is 5.13 Å². The Morgan fingerprint density at radius 2 is 1.96 bits per heavy atom. The van der Waals surface area contributed by atoms with Gasteiger partial charge < -0.3 is 0 Å². The lowest BCUT2D eigenvalue weighted by Crippen LogP contribution is -2.11. The third kappa shape index (κ3) is 3.08. The summed E-state index contributed by atoms with van der Waals surface area (Å²) in [4.78, 5) is 17.0. The van der Waals surface area contributed by atoms with Crippen LogP contribution in [0, 0.1) is 6.92 Å². The zero-order valence-electron chi connectivity index (χ0n) is 13.2. The minimum absolute atomic E-state index is 0.186. The van der Waals surface area contributed by atoms with Crippen molar-refractivity contribution in [3.63, 3.8) is 0 Å². The van der Waals surface area contributed by atoms with E-state index in [9.17, 15) is 4.79 Å². The number of nitrogens with one attached hydrogen (secondary N) is 1. The molecule has 0 saturated heterocycles. The van der Waals surface area contributed by atoms with Crippen LogP contribution in [0.25, 0.3) is 16.0 Å². The van der Waals surface area contributed by atoms with E-state index in [1.165, 1.54) is 11.3 Å². The molecule has 124 valence electrons. The molecule has 25 heavy (non-hydrogen) atoms. The maximum absolute atomic E-state index is 12.4. The first-order valence-electron chi connectivity index (χ1n) is 7.60. The number of hydrogen-bond acceptors (Lipinski definition) is 4. The molecule has 5 nitrogen and oxygen atoms in total. The molecule has 2 aromatic carbocycles. The van der Waals surface area contributed by atoms with Crippen molar-refractivity contribution in [3.8, 4) is 5.69 Å². The van der Waals surface area contributed by atoms with Crippen LogP contribution in [-0.2, 0) is 0 Å². The SMILES string of the molecule is Cc1nn(-c2ccccc2)c2nc(NC(=O)c3cccc(Br)c3)sc12. The fourth-order valence-electron chi connectivity index (χ4n) is 2.54. The van der Waals surface area contributed by atoms with Crippen LogP contribution in [0.1, 0.15) is 16.1 Å². The molecule has 0 spiro atoms. The van der Waals surface area contributed by atoms with Crippen molar-refractivity contribution in [2.75, 3.05) is 5.32 Å². The fraction of sp³-hybridized carbons (Fsp3) is 0.0556. The topological polar surface area (TPSA) is 59.8 Å². The van der Waals surface area contributed by atoms with Gasteiger partial charge in [-0.2, -0.15) is 10.1 Å². The average molecular weight is 413 g/mol. The number of carbonyl (C=O) groups is 1. The van der Waals surface area contributed by atoms with Gasteiger partial charge in [0.25, 0.3) is 5.91 Å². The largest absolute Gasteiger partial charge is 0.298 e. The number of aromatic nitrogens is 3. The summed E-state index contributed by atoms with van der Waals surface area (Å²) >= 11 is 4.81. The number of anilines is 1. The molecule has 0 aliphatic carbocycles. The van der Waals surface area contributed by atoms with Gasteiger partial charge in [0, 0.05) is 10.0 Å². The standard InChI is InChI=1S/C18H13BrN4OS/c1-11-15-16(23(22-11)14-8-3-2-4-9-14)20-18(25-15)21-17(24)12-6-5-7-13(19)10-12/h2-10H,1H3,(H,20,21,24). The summed E-state index contributed by atoms with van der Waals surface area (Å²) in [5.74, 6) is -0.186. The number of nitrogens with zero attached hydrogens (tertiary/aromatic N) is 3.